The number of nitrogens with zero attached hydrogens (tertiary/aromatic N) is 2. The number of carbonyl (C=O) groups is 1. The number of alkyl halides is 2. The Morgan fingerprint density at radius 1 is 1.56 bits per heavy atom. The molecule has 0 aromatic carbocycles. The van der Waals surface area contributed by atoms with Crippen molar-refractivity contribution < 1.29 is 22.9 Å². The fourth-order valence-corrected chi connectivity index (χ4v) is 1.09. The van der Waals surface area contributed by atoms with E-state index in [9.17, 15) is 28.1 Å². The van der Waals surface area contributed by atoms with Gasteiger partial charge >= 0.3 is 5.69 Å². The molecular formula is C7H2ClF3N2O3. The van der Waals surface area contributed by atoms with Crippen LogP contribution in [-0.4, -0.2) is 15.1 Å². The van der Waals surface area contributed by atoms with Crippen LogP contribution in [0.2, 0.25) is 0 Å². The second kappa shape index (κ2) is 4.44. The summed E-state index contributed by atoms with van der Waals surface area (Å²) in [6.45, 7) is 0. The molecule has 0 amide bonds. The van der Waals surface area contributed by atoms with E-state index >= 15 is 0 Å². The van der Waals surface area contributed by atoms with Crippen molar-refractivity contribution in [1.29, 1.82) is 0 Å². The second-order valence-electron chi connectivity index (χ2n) is 2.56. The van der Waals surface area contributed by atoms with E-state index in [1.165, 1.54) is 0 Å². The van der Waals surface area contributed by atoms with Gasteiger partial charge in [0.25, 0.3) is 11.7 Å². The summed E-state index contributed by atoms with van der Waals surface area (Å²) in [6, 6.07) is 0. The van der Waals surface area contributed by atoms with Gasteiger partial charge in [-0.3, -0.25) is 14.9 Å². The number of carbonyl (C=O) groups excluding carboxylic acids is 1. The highest BCUT2D eigenvalue weighted by Crippen LogP contribution is 2.30. The number of nitro groups is 1. The van der Waals surface area contributed by atoms with Gasteiger partial charge in [0, 0.05) is 6.20 Å². The van der Waals surface area contributed by atoms with Gasteiger partial charge in [0.2, 0.25) is 11.5 Å². The molecule has 1 aromatic rings. The highest BCUT2D eigenvalue weighted by molar-refractivity contribution is 6.67. The Hall–Kier alpha value is -1.70. The second-order valence-corrected chi connectivity index (χ2v) is 2.90. The first-order chi connectivity index (χ1) is 7.36. The average Bonchev–Trinajstić information content (AvgIpc) is 2.15. The number of hydrogen-bond donors (Lipinski definition) is 0. The lowest BCUT2D eigenvalue weighted by Crippen LogP contribution is -2.07. The molecule has 0 bridgehead atoms. The van der Waals surface area contributed by atoms with Crippen LogP contribution in [0.5, 0.6) is 0 Å². The number of pyridine rings is 1. The molecule has 0 saturated heterocycles. The molecule has 0 saturated carbocycles. The van der Waals surface area contributed by atoms with E-state index < -0.39 is 39.4 Å². The van der Waals surface area contributed by atoms with Crippen LogP contribution in [0, 0.1) is 15.9 Å². The first kappa shape index (κ1) is 12.4. The van der Waals surface area contributed by atoms with Crippen LogP contribution in [0.15, 0.2) is 6.20 Å². The van der Waals surface area contributed by atoms with Crippen LogP contribution in [0.25, 0.3) is 0 Å². The minimum atomic E-state index is -3.27. The average molecular weight is 255 g/mol. The Morgan fingerprint density at radius 2 is 2.12 bits per heavy atom. The molecule has 86 valence electrons. The van der Waals surface area contributed by atoms with Gasteiger partial charge < -0.3 is 0 Å². The third-order valence-electron chi connectivity index (χ3n) is 1.62. The highest BCUT2D eigenvalue weighted by atomic mass is 35.5. The lowest BCUT2D eigenvalue weighted by Gasteiger charge is -2.03. The molecule has 0 N–H and O–H groups in total. The third kappa shape index (κ3) is 2.11. The zero-order valence-electron chi connectivity index (χ0n) is 7.29. The molecule has 1 rings (SSSR count). The predicted octanol–water partition coefficient (Wildman–Crippen LogP) is 2.45. The molecule has 9 heteroatoms. The summed E-state index contributed by atoms with van der Waals surface area (Å²) in [4.78, 5) is 22.7. The van der Waals surface area contributed by atoms with Gasteiger partial charge in [-0.1, -0.05) is 0 Å². The largest absolute Gasteiger partial charge is 0.335 e. The summed E-state index contributed by atoms with van der Waals surface area (Å²) in [7, 11) is 0. The normalized spacial score (nSPS) is 10.6. The monoisotopic (exact) mass is 254 g/mol. The zero-order chi connectivity index (χ0) is 12.5. The van der Waals surface area contributed by atoms with E-state index in [2.05, 4.69) is 4.98 Å². The van der Waals surface area contributed by atoms with Gasteiger partial charge in [-0.15, -0.1) is 0 Å². The minimum Gasteiger partial charge on any atom is -0.274 e. The van der Waals surface area contributed by atoms with Crippen molar-refractivity contribution in [3.63, 3.8) is 0 Å². The molecule has 0 aliphatic heterocycles. The first-order valence-electron chi connectivity index (χ1n) is 3.67. The lowest BCUT2D eigenvalue weighted by atomic mass is 10.2. The first-order valence-corrected chi connectivity index (χ1v) is 4.04. The maximum absolute atomic E-state index is 13.2. The molecule has 5 nitrogen and oxygen atoms in total. The van der Waals surface area contributed by atoms with Crippen LogP contribution < -0.4 is 0 Å². The number of hydrogen-bond acceptors (Lipinski definition) is 4. The zero-order valence-corrected chi connectivity index (χ0v) is 8.04. The molecule has 1 heterocycles. The van der Waals surface area contributed by atoms with E-state index in [4.69, 9.17) is 11.6 Å². The van der Waals surface area contributed by atoms with Crippen LogP contribution in [0.4, 0.5) is 18.9 Å². The highest BCUT2D eigenvalue weighted by Gasteiger charge is 2.31. The van der Waals surface area contributed by atoms with Crippen LogP contribution >= 0.6 is 11.6 Å². The molecule has 16 heavy (non-hydrogen) atoms. The molecule has 0 aliphatic rings. The Morgan fingerprint density at radius 3 is 2.50 bits per heavy atom. The van der Waals surface area contributed by atoms with Crippen molar-refractivity contribution in [2.24, 2.45) is 0 Å². The molecule has 0 fully saturated rings. The standard InChI is InChI=1S/C7H2ClF3N2O3/c8-6(14)4-5(13(15)16)3(9)2(1-12-4)7(10)11/h1,7H. The molecule has 0 radical (unpaired) electrons. The molecule has 0 spiro atoms. The van der Waals surface area contributed by atoms with Crippen LogP contribution in [0.1, 0.15) is 22.5 Å². The van der Waals surface area contributed by atoms with Crippen molar-refractivity contribution in [3.05, 3.63) is 33.4 Å². The van der Waals surface area contributed by atoms with E-state index in [1.807, 2.05) is 0 Å². The van der Waals surface area contributed by atoms with Crippen molar-refractivity contribution in [2.45, 2.75) is 6.43 Å². The van der Waals surface area contributed by atoms with E-state index in [1.54, 1.807) is 0 Å². The Labute approximate surface area is 91.0 Å². The smallest absolute Gasteiger partial charge is 0.274 e. The number of rotatable bonds is 3. The van der Waals surface area contributed by atoms with Crippen molar-refractivity contribution in [3.8, 4) is 0 Å². The van der Waals surface area contributed by atoms with E-state index in [-0.39, 0.29) is 0 Å². The van der Waals surface area contributed by atoms with Gasteiger partial charge in [-0.25, -0.2) is 13.8 Å². The fraction of sp³-hybridized carbons (Fsp3) is 0.143. The molecule has 1 aromatic heterocycles. The van der Waals surface area contributed by atoms with Gasteiger partial charge in [0.15, 0.2) is 0 Å². The summed E-state index contributed by atoms with van der Waals surface area (Å²) < 4.78 is 37.6. The summed E-state index contributed by atoms with van der Waals surface area (Å²) >= 11 is 4.90. The van der Waals surface area contributed by atoms with Crippen molar-refractivity contribution in [1.82, 2.24) is 4.98 Å². The summed E-state index contributed by atoms with van der Waals surface area (Å²) in [5.41, 5.74) is -3.71. The summed E-state index contributed by atoms with van der Waals surface area (Å²) in [6.07, 6.45) is -2.94. The molecular weight excluding hydrogens is 253 g/mol. The third-order valence-corrected chi connectivity index (χ3v) is 1.80. The SMILES string of the molecule is O=C(Cl)c1ncc(C(F)F)c(F)c1[N+](=O)[O-]. The summed E-state index contributed by atoms with van der Waals surface area (Å²) in [5.74, 6) is -1.81. The van der Waals surface area contributed by atoms with E-state index in [0.717, 1.165) is 0 Å². The van der Waals surface area contributed by atoms with Gasteiger partial charge in [-0.05, 0) is 11.6 Å². The van der Waals surface area contributed by atoms with Crippen molar-refractivity contribution in [2.75, 3.05) is 0 Å². The number of halogens is 4. The molecule has 0 unspecified atom stereocenters. The molecule has 0 aliphatic carbocycles. The maximum atomic E-state index is 13.2. The van der Waals surface area contributed by atoms with Gasteiger partial charge in [0.05, 0.1) is 10.5 Å². The van der Waals surface area contributed by atoms with Crippen molar-refractivity contribution >= 4 is 22.5 Å². The Balaban J connectivity index is 3.54. The number of aromatic nitrogens is 1. The van der Waals surface area contributed by atoms with E-state index in [0.29, 0.717) is 6.20 Å². The minimum absolute atomic E-state index is 0.336. The quantitative estimate of drug-likeness (QED) is 0.472. The topological polar surface area (TPSA) is 73.1 Å². The Bertz CT molecular complexity index is 466. The fourth-order valence-electron chi connectivity index (χ4n) is 0.955. The Kier molecular flexibility index (Phi) is 3.43. The van der Waals surface area contributed by atoms with Gasteiger partial charge in [0.1, 0.15) is 0 Å². The molecule has 0 atom stereocenters. The maximum Gasteiger partial charge on any atom is 0.335 e. The van der Waals surface area contributed by atoms with Crippen LogP contribution in [0.3, 0.4) is 0 Å². The van der Waals surface area contributed by atoms with Crippen LogP contribution in [-0.2, 0) is 0 Å². The van der Waals surface area contributed by atoms with Gasteiger partial charge in [-0.2, -0.15) is 4.39 Å². The predicted molar refractivity (Wildman–Crippen MR) is 46.0 cm³/mol. The lowest BCUT2D eigenvalue weighted by molar-refractivity contribution is -0.388. The summed E-state index contributed by atoms with van der Waals surface area (Å²) in [5, 5.41) is 8.99.